The minimum absolute atomic E-state index is 0.123. The number of nitrogens with zero attached hydrogens (tertiary/aromatic N) is 2. The fraction of sp³-hybridized carbons (Fsp3) is 0.174. The molecule has 1 N–H and O–H groups in total. The molecular formula is C23H21N3O3S. The molecule has 0 unspecified atom stereocenters. The summed E-state index contributed by atoms with van der Waals surface area (Å²) in [6.45, 7) is 0.374. The van der Waals surface area contributed by atoms with E-state index in [4.69, 9.17) is 4.74 Å². The van der Waals surface area contributed by atoms with Gasteiger partial charge in [0.2, 0.25) is 5.91 Å². The van der Waals surface area contributed by atoms with Crippen LogP contribution in [-0.2, 0) is 18.4 Å². The molecular weight excluding hydrogens is 398 g/mol. The third-order valence-corrected chi connectivity index (χ3v) is 5.93. The molecule has 4 rings (SSSR count). The van der Waals surface area contributed by atoms with Gasteiger partial charge in [0.15, 0.2) is 5.16 Å². The average molecular weight is 420 g/mol. The van der Waals surface area contributed by atoms with Crippen LogP contribution < -0.4 is 15.6 Å². The Morgan fingerprint density at radius 2 is 1.80 bits per heavy atom. The number of fused-ring (bicyclic) bond motifs is 2. The van der Waals surface area contributed by atoms with E-state index in [0.717, 1.165) is 22.1 Å². The van der Waals surface area contributed by atoms with Crippen molar-refractivity contribution < 1.29 is 9.53 Å². The van der Waals surface area contributed by atoms with Crippen molar-refractivity contribution in [3.63, 3.8) is 0 Å². The van der Waals surface area contributed by atoms with Gasteiger partial charge in [0, 0.05) is 19.2 Å². The van der Waals surface area contributed by atoms with E-state index in [1.807, 2.05) is 60.7 Å². The van der Waals surface area contributed by atoms with Crippen molar-refractivity contribution in [3.8, 4) is 5.75 Å². The van der Waals surface area contributed by atoms with Crippen molar-refractivity contribution in [3.05, 3.63) is 76.6 Å². The Morgan fingerprint density at radius 3 is 2.57 bits per heavy atom. The zero-order chi connectivity index (χ0) is 21.1. The second-order valence-electron chi connectivity index (χ2n) is 6.85. The Labute approximate surface area is 177 Å². The molecule has 1 aromatic heterocycles. The van der Waals surface area contributed by atoms with Crippen molar-refractivity contribution in [1.29, 1.82) is 0 Å². The average Bonchev–Trinajstić information content (AvgIpc) is 2.78. The fourth-order valence-electron chi connectivity index (χ4n) is 3.29. The highest BCUT2D eigenvalue weighted by molar-refractivity contribution is 7.99. The van der Waals surface area contributed by atoms with Gasteiger partial charge in [-0.3, -0.25) is 14.2 Å². The van der Waals surface area contributed by atoms with Crippen LogP contribution in [0.15, 0.2) is 70.6 Å². The van der Waals surface area contributed by atoms with Gasteiger partial charge in [0.25, 0.3) is 5.56 Å². The lowest BCUT2D eigenvalue weighted by Gasteiger charge is -2.11. The van der Waals surface area contributed by atoms with Crippen molar-refractivity contribution in [2.45, 2.75) is 11.7 Å². The number of hydrogen-bond acceptors (Lipinski definition) is 5. The number of amides is 1. The van der Waals surface area contributed by atoms with E-state index < -0.39 is 0 Å². The number of carbonyl (C=O) groups excluding carboxylic acids is 1. The number of aromatic nitrogens is 2. The topological polar surface area (TPSA) is 73.2 Å². The van der Waals surface area contributed by atoms with Crippen LogP contribution in [0.3, 0.4) is 0 Å². The molecule has 0 atom stereocenters. The van der Waals surface area contributed by atoms with Crippen LogP contribution in [0.2, 0.25) is 0 Å². The Morgan fingerprint density at radius 1 is 1.10 bits per heavy atom. The van der Waals surface area contributed by atoms with Crippen molar-refractivity contribution in [2.24, 2.45) is 7.05 Å². The van der Waals surface area contributed by atoms with E-state index in [0.29, 0.717) is 22.6 Å². The largest absolute Gasteiger partial charge is 0.496 e. The molecule has 0 bridgehead atoms. The molecule has 0 aliphatic carbocycles. The molecule has 0 aliphatic rings. The molecule has 0 saturated heterocycles. The fourth-order valence-corrected chi connectivity index (χ4v) is 4.09. The summed E-state index contributed by atoms with van der Waals surface area (Å²) in [7, 11) is 3.28. The lowest BCUT2D eigenvalue weighted by atomic mass is 10.1. The summed E-state index contributed by atoms with van der Waals surface area (Å²) in [5, 5.41) is 5.99. The summed E-state index contributed by atoms with van der Waals surface area (Å²) in [5.74, 6) is 0.754. The molecule has 6 nitrogen and oxygen atoms in total. The molecule has 1 amide bonds. The van der Waals surface area contributed by atoms with E-state index in [-0.39, 0.29) is 17.2 Å². The quantitative estimate of drug-likeness (QED) is 0.294. The minimum Gasteiger partial charge on any atom is -0.496 e. The van der Waals surface area contributed by atoms with Crippen LogP contribution in [0.25, 0.3) is 21.7 Å². The number of methoxy groups -OCH3 is 1. The third kappa shape index (κ3) is 4.02. The Bertz CT molecular complexity index is 1300. The molecule has 30 heavy (non-hydrogen) atoms. The number of ether oxygens (including phenoxy) is 1. The van der Waals surface area contributed by atoms with Gasteiger partial charge in [-0.25, -0.2) is 4.98 Å². The number of hydrogen-bond donors (Lipinski definition) is 1. The molecule has 0 fully saturated rings. The first kappa shape index (κ1) is 20.0. The van der Waals surface area contributed by atoms with Gasteiger partial charge in [0.1, 0.15) is 5.75 Å². The van der Waals surface area contributed by atoms with Gasteiger partial charge in [-0.1, -0.05) is 54.2 Å². The second kappa shape index (κ2) is 8.59. The van der Waals surface area contributed by atoms with Crippen molar-refractivity contribution >= 4 is 39.3 Å². The van der Waals surface area contributed by atoms with Gasteiger partial charge >= 0.3 is 0 Å². The first-order chi connectivity index (χ1) is 14.6. The predicted molar refractivity (Wildman–Crippen MR) is 120 cm³/mol. The third-order valence-electron chi connectivity index (χ3n) is 4.90. The number of carbonyl (C=O) groups is 1. The molecule has 0 spiro atoms. The highest BCUT2D eigenvalue weighted by atomic mass is 32.2. The maximum absolute atomic E-state index is 12.8. The van der Waals surface area contributed by atoms with Crippen molar-refractivity contribution in [2.75, 3.05) is 12.9 Å². The van der Waals surface area contributed by atoms with Crippen LogP contribution in [0, 0.1) is 0 Å². The summed E-state index contributed by atoms with van der Waals surface area (Å²) < 4.78 is 6.80. The first-order valence-electron chi connectivity index (χ1n) is 9.48. The minimum atomic E-state index is -0.140. The maximum Gasteiger partial charge on any atom is 0.261 e. The molecule has 152 valence electrons. The number of thioether (sulfide) groups is 1. The van der Waals surface area contributed by atoms with Gasteiger partial charge in [0.05, 0.1) is 23.8 Å². The summed E-state index contributed by atoms with van der Waals surface area (Å²) in [6, 6.07) is 19.2. The summed E-state index contributed by atoms with van der Waals surface area (Å²) in [5.41, 5.74) is 1.41. The number of benzene rings is 3. The zero-order valence-corrected chi connectivity index (χ0v) is 17.5. The van der Waals surface area contributed by atoms with Gasteiger partial charge in [-0.2, -0.15) is 0 Å². The number of nitrogens with one attached hydrogen (secondary N) is 1. The molecule has 3 aromatic carbocycles. The first-order valence-corrected chi connectivity index (χ1v) is 10.5. The standard InChI is InChI=1S/C23H21N3O3S/c1-26-22(28)18-11-15-7-3-4-8-16(15)12-19(18)25-23(26)30-14-21(27)24-13-17-9-5-6-10-20(17)29-2/h3-12H,13-14H2,1-2H3,(H,24,27). The van der Waals surface area contributed by atoms with Crippen LogP contribution in [0.1, 0.15) is 5.56 Å². The molecule has 0 radical (unpaired) electrons. The number of para-hydroxylation sites is 1. The highest BCUT2D eigenvalue weighted by Gasteiger charge is 2.12. The Balaban J connectivity index is 1.50. The Hall–Kier alpha value is -3.32. The SMILES string of the molecule is COc1ccccc1CNC(=O)CSc1nc2cc3ccccc3cc2c(=O)n1C. The number of rotatable bonds is 6. The van der Waals surface area contributed by atoms with Crippen LogP contribution >= 0.6 is 11.8 Å². The molecule has 1 heterocycles. The second-order valence-corrected chi connectivity index (χ2v) is 7.79. The van der Waals surface area contributed by atoms with Crippen molar-refractivity contribution in [1.82, 2.24) is 14.9 Å². The van der Waals surface area contributed by atoms with Crippen LogP contribution in [-0.4, -0.2) is 28.3 Å². The van der Waals surface area contributed by atoms with Gasteiger partial charge < -0.3 is 10.1 Å². The molecule has 7 heteroatoms. The summed E-state index contributed by atoms with van der Waals surface area (Å²) in [6.07, 6.45) is 0. The highest BCUT2D eigenvalue weighted by Crippen LogP contribution is 2.22. The summed E-state index contributed by atoms with van der Waals surface area (Å²) in [4.78, 5) is 29.8. The van der Waals surface area contributed by atoms with E-state index in [2.05, 4.69) is 10.3 Å². The zero-order valence-electron chi connectivity index (χ0n) is 16.7. The van der Waals surface area contributed by atoms with Crippen LogP contribution in [0.5, 0.6) is 5.75 Å². The monoisotopic (exact) mass is 419 g/mol. The normalized spacial score (nSPS) is 11.0. The molecule has 0 aliphatic heterocycles. The molecule has 0 saturated carbocycles. The van der Waals surface area contributed by atoms with E-state index in [9.17, 15) is 9.59 Å². The summed E-state index contributed by atoms with van der Waals surface area (Å²) >= 11 is 1.24. The van der Waals surface area contributed by atoms with Gasteiger partial charge in [-0.15, -0.1) is 0 Å². The van der Waals surface area contributed by atoms with E-state index in [1.54, 1.807) is 14.2 Å². The molecule has 4 aromatic rings. The lowest BCUT2D eigenvalue weighted by Crippen LogP contribution is -2.26. The van der Waals surface area contributed by atoms with Gasteiger partial charge in [-0.05, 0) is 29.0 Å². The Kier molecular flexibility index (Phi) is 5.72. The van der Waals surface area contributed by atoms with E-state index >= 15 is 0 Å². The smallest absolute Gasteiger partial charge is 0.261 e. The van der Waals surface area contributed by atoms with E-state index in [1.165, 1.54) is 16.3 Å². The maximum atomic E-state index is 12.8. The predicted octanol–water partition coefficient (Wildman–Crippen LogP) is 3.50. The van der Waals surface area contributed by atoms with Crippen LogP contribution in [0.4, 0.5) is 0 Å². The lowest BCUT2D eigenvalue weighted by molar-refractivity contribution is -0.118.